The van der Waals surface area contributed by atoms with Crippen LogP contribution in [0.4, 0.5) is 0 Å². The number of nitrogens with zero attached hydrogens (tertiary/aromatic N) is 2. The van der Waals surface area contributed by atoms with E-state index in [0.717, 1.165) is 71.8 Å². The molecule has 0 N–H and O–H groups in total. The van der Waals surface area contributed by atoms with Gasteiger partial charge in [-0.3, -0.25) is 9.88 Å². The predicted octanol–water partition coefficient (Wildman–Crippen LogP) is 5.46. The van der Waals surface area contributed by atoms with Crippen LogP contribution in [-0.2, 0) is 12.8 Å². The van der Waals surface area contributed by atoms with Gasteiger partial charge in [0.15, 0.2) is 23.0 Å². The summed E-state index contributed by atoms with van der Waals surface area (Å²) in [6.45, 7) is 4.55. The first-order chi connectivity index (χ1) is 17.1. The summed E-state index contributed by atoms with van der Waals surface area (Å²) >= 11 is 0. The molecule has 0 amide bonds. The number of hydrogen-bond donors (Lipinski definition) is 0. The van der Waals surface area contributed by atoms with Crippen LogP contribution >= 0.6 is 0 Å². The van der Waals surface area contributed by atoms with E-state index in [1.54, 1.807) is 28.4 Å². The van der Waals surface area contributed by atoms with Crippen molar-refractivity contribution in [2.24, 2.45) is 11.8 Å². The SMILES string of the molecule is CC[C@H]1CN2CCc3cc(OC)c(OC)cc3[C@@H]2C[C@@H]1Cc1nccc2cc(OC)c(OC)cc12. The maximum absolute atomic E-state index is 5.66. The van der Waals surface area contributed by atoms with Crippen LogP contribution in [0.3, 0.4) is 0 Å². The Kier molecular flexibility index (Phi) is 6.74. The van der Waals surface area contributed by atoms with Crippen molar-refractivity contribution < 1.29 is 18.9 Å². The van der Waals surface area contributed by atoms with Gasteiger partial charge in [-0.2, -0.15) is 0 Å². The molecule has 5 rings (SSSR count). The molecule has 1 saturated heterocycles. The van der Waals surface area contributed by atoms with E-state index in [1.165, 1.54) is 17.5 Å². The van der Waals surface area contributed by atoms with Crippen molar-refractivity contribution in [1.29, 1.82) is 0 Å². The molecule has 186 valence electrons. The standard InChI is InChI=1S/C29H36N2O4/c1-6-18-17-31-10-8-20-14-27(33-3)29(35-5)16-23(20)25(31)12-21(18)11-24-22-15-28(34-4)26(32-2)13-19(22)7-9-30-24/h7,9,13-16,18,21,25H,6,8,10-12,17H2,1-5H3/t18-,21-,25-/m0/s1. The minimum absolute atomic E-state index is 0.399. The Labute approximate surface area is 208 Å². The van der Waals surface area contributed by atoms with Gasteiger partial charge in [0, 0.05) is 36.4 Å². The molecule has 2 aliphatic rings. The maximum atomic E-state index is 5.66. The smallest absolute Gasteiger partial charge is 0.161 e. The number of aromatic nitrogens is 1. The van der Waals surface area contributed by atoms with Crippen molar-refractivity contribution in [3.63, 3.8) is 0 Å². The molecule has 1 aromatic heterocycles. The third-order valence-corrected chi connectivity index (χ3v) is 8.11. The Morgan fingerprint density at radius 3 is 2.29 bits per heavy atom. The number of pyridine rings is 1. The molecule has 1 fully saturated rings. The molecule has 0 aliphatic carbocycles. The van der Waals surface area contributed by atoms with Gasteiger partial charge in [0.1, 0.15) is 0 Å². The minimum atomic E-state index is 0.399. The van der Waals surface area contributed by atoms with Crippen molar-refractivity contribution in [3.8, 4) is 23.0 Å². The second-order valence-electron chi connectivity index (χ2n) is 9.72. The highest BCUT2D eigenvalue weighted by Crippen LogP contribution is 2.46. The van der Waals surface area contributed by atoms with E-state index in [-0.39, 0.29) is 0 Å². The maximum Gasteiger partial charge on any atom is 0.161 e. The third-order valence-electron chi connectivity index (χ3n) is 8.11. The molecule has 35 heavy (non-hydrogen) atoms. The van der Waals surface area contributed by atoms with Gasteiger partial charge >= 0.3 is 0 Å². The van der Waals surface area contributed by atoms with Crippen molar-refractivity contribution in [1.82, 2.24) is 9.88 Å². The lowest BCUT2D eigenvalue weighted by Crippen LogP contribution is -2.46. The van der Waals surface area contributed by atoms with Crippen LogP contribution in [0.25, 0.3) is 10.8 Å². The summed E-state index contributed by atoms with van der Waals surface area (Å²) in [6, 6.07) is 11.0. The van der Waals surface area contributed by atoms with Crippen LogP contribution in [0, 0.1) is 11.8 Å². The highest BCUT2D eigenvalue weighted by Gasteiger charge is 2.39. The summed E-state index contributed by atoms with van der Waals surface area (Å²) in [6.07, 6.45) is 6.23. The van der Waals surface area contributed by atoms with Gasteiger partial charge in [0.25, 0.3) is 0 Å². The number of ether oxygens (including phenoxy) is 4. The van der Waals surface area contributed by atoms with Gasteiger partial charge in [0.2, 0.25) is 0 Å². The normalized spacial score (nSPS) is 21.8. The van der Waals surface area contributed by atoms with Crippen LogP contribution in [0.5, 0.6) is 23.0 Å². The van der Waals surface area contributed by atoms with Crippen LogP contribution in [-0.4, -0.2) is 51.4 Å². The van der Waals surface area contributed by atoms with E-state index in [0.29, 0.717) is 17.9 Å². The lowest BCUT2D eigenvalue weighted by atomic mass is 9.74. The highest BCUT2D eigenvalue weighted by molar-refractivity contribution is 5.88. The largest absolute Gasteiger partial charge is 0.493 e. The van der Waals surface area contributed by atoms with E-state index in [2.05, 4.69) is 42.2 Å². The Hall–Kier alpha value is -2.99. The Morgan fingerprint density at radius 1 is 0.886 bits per heavy atom. The van der Waals surface area contributed by atoms with Gasteiger partial charge < -0.3 is 18.9 Å². The lowest BCUT2D eigenvalue weighted by molar-refractivity contribution is 0.0517. The molecule has 3 atom stereocenters. The van der Waals surface area contributed by atoms with E-state index in [4.69, 9.17) is 23.9 Å². The van der Waals surface area contributed by atoms with Crippen LogP contribution in [0.1, 0.15) is 42.6 Å². The Bertz CT molecular complexity index is 1210. The molecule has 6 nitrogen and oxygen atoms in total. The van der Waals surface area contributed by atoms with Crippen molar-refractivity contribution in [2.75, 3.05) is 41.5 Å². The van der Waals surface area contributed by atoms with Gasteiger partial charge in [0.05, 0.1) is 28.4 Å². The third kappa shape index (κ3) is 4.29. The molecule has 2 aliphatic heterocycles. The van der Waals surface area contributed by atoms with E-state index < -0.39 is 0 Å². The second-order valence-corrected chi connectivity index (χ2v) is 9.72. The van der Waals surface area contributed by atoms with Crippen molar-refractivity contribution >= 4 is 10.8 Å². The minimum Gasteiger partial charge on any atom is -0.493 e. The van der Waals surface area contributed by atoms with Crippen LogP contribution in [0.15, 0.2) is 36.5 Å². The van der Waals surface area contributed by atoms with E-state index in [1.807, 2.05) is 6.20 Å². The van der Waals surface area contributed by atoms with Crippen molar-refractivity contribution in [2.45, 2.75) is 38.6 Å². The molecule has 0 spiro atoms. The van der Waals surface area contributed by atoms with Gasteiger partial charge in [-0.25, -0.2) is 0 Å². The Morgan fingerprint density at radius 2 is 1.57 bits per heavy atom. The summed E-state index contributed by atoms with van der Waals surface area (Å²) in [5, 5.41) is 2.29. The Balaban J connectivity index is 1.49. The first-order valence-corrected chi connectivity index (χ1v) is 12.6. The summed E-state index contributed by atoms with van der Waals surface area (Å²) in [5.74, 6) is 4.33. The van der Waals surface area contributed by atoms with Crippen LogP contribution < -0.4 is 18.9 Å². The zero-order chi connectivity index (χ0) is 24.5. The predicted molar refractivity (Wildman–Crippen MR) is 138 cm³/mol. The molecule has 0 saturated carbocycles. The topological polar surface area (TPSA) is 53.1 Å². The van der Waals surface area contributed by atoms with Crippen molar-refractivity contribution in [3.05, 3.63) is 53.3 Å². The molecule has 3 aromatic rings. The number of hydrogen-bond acceptors (Lipinski definition) is 6. The van der Waals surface area contributed by atoms with E-state index in [9.17, 15) is 0 Å². The second kappa shape index (κ2) is 9.94. The quantitative estimate of drug-likeness (QED) is 0.452. The molecule has 0 radical (unpaired) electrons. The lowest BCUT2D eigenvalue weighted by Gasteiger charge is -2.47. The molecule has 3 heterocycles. The molecular formula is C29H36N2O4. The first-order valence-electron chi connectivity index (χ1n) is 12.6. The van der Waals surface area contributed by atoms with Crippen LogP contribution in [0.2, 0.25) is 0 Å². The zero-order valence-corrected chi connectivity index (χ0v) is 21.5. The fourth-order valence-electron chi connectivity index (χ4n) is 6.19. The summed E-state index contributed by atoms with van der Waals surface area (Å²) < 4.78 is 22.4. The fraction of sp³-hybridized carbons (Fsp3) is 0.483. The average molecular weight is 477 g/mol. The number of rotatable bonds is 7. The molecule has 0 bridgehead atoms. The van der Waals surface area contributed by atoms with Gasteiger partial charge in [-0.1, -0.05) is 13.3 Å². The molecule has 0 unspecified atom stereocenters. The summed E-state index contributed by atoms with van der Waals surface area (Å²) in [7, 11) is 6.80. The summed E-state index contributed by atoms with van der Waals surface area (Å²) in [4.78, 5) is 7.54. The number of piperidine rings is 1. The fourth-order valence-corrected chi connectivity index (χ4v) is 6.19. The highest BCUT2D eigenvalue weighted by atomic mass is 16.5. The summed E-state index contributed by atoms with van der Waals surface area (Å²) in [5.41, 5.74) is 3.92. The molecule has 6 heteroatoms. The zero-order valence-electron chi connectivity index (χ0n) is 21.5. The number of fused-ring (bicyclic) bond motifs is 4. The first kappa shape index (κ1) is 23.7. The number of benzene rings is 2. The molecule has 2 aromatic carbocycles. The monoisotopic (exact) mass is 476 g/mol. The van der Waals surface area contributed by atoms with Gasteiger partial charge in [-0.05, 0) is 77.9 Å². The number of methoxy groups -OCH3 is 4. The average Bonchev–Trinajstić information content (AvgIpc) is 2.91. The van der Waals surface area contributed by atoms with Gasteiger partial charge in [-0.15, -0.1) is 0 Å². The molecular weight excluding hydrogens is 440 g/mol. The van der Waals surface area contributed by atoms with E-state index >= 15 is 0 Å².